The van der Waals surface area contributed by atoms with Crippen molar-refractivity contribution in [3.63, 3.8) is 0 Å². The first-order valence-electron chi connectivity index (χ1n) is 20.7. The second-order valence-electron chi connectivity index (χ2n) is 15.8. The lowest BCUT2D eigenvalue weighted by atomic mass is 9.66. The van der Waals surface area contributed by atoms with Crippen LogP contribution in [0, 0.1) is 0 Å². The zero-order valence-electron chi connectivity index (χ0n) is 33.1. The van der Waals surface area contributed by atoms with E-state index < -0.39 is 5.41 Å². The fraction of sp³-hybridized carbons (Fsp3) is 0.0182. The van der Waals surface area contributed by atoms with E-state index in [1.54, 1.807) is 0 Å². The van der Waals surface area contributed by atoms with E-state index in [9.17, 15) is 0 Å². The number of aromatic nitrogens is 4. The maximum Gasteiger partial charge on any atom is 0.194 e. The van der Waals surface area contributed by atoms with E-state index in [2.05, 4.69) is 120 Å². The fourth-order valence-corrected chi connectivity index (χ4v) is 9.75. The zero-order chi connectivity index (χ0) is 40.8. The second kappa shape index (κ2) is 13.3. The third-order valence-electron chi connectivity index (χ3n) is 12.4. The van der Waals surface area contributed by atoms with E-state index in [0.29, 0.717) is 17.3 Å². The molecule has 1 unspecified atom stereocenters. The van der Waals surface area contributed by atoms with Crippen LogP contribution in [0.4, 0.5) is 17.1 Å². The van der Waals surface area contributed by atoms with Crippen LogP contribution < -0.4 is 14.4 Å². The van der Waals surface area contributed by atoms with Gasteiger partial charge in [0.25, 0.3) is 0 Å². The number of hydrogen-bond acceptors (Lipinski definition) is 7. The van der Waals surface area contributed by atoms with E-state index in [4.69, 9.17) is 29.4 Å². The quantitative estimate of drug-likeness (QED) is 0.176. The predicted molar refractivity (Wildman–Crippen MR) is 244 cm³/mol. The van der Waals surface area contributed by atoms with Gasteiger partial charge in [0.1, 0.15) is 5.75 Å². The number of benzene rings is 7. The number of nitrogens with zero attached hydrogens (tertiary/aromatic N) is 5. The van der Waals surface area contributed by atoms with Crippen molar-refractivity contribution in [1.82, 2.24) is 19.9 Å². The van der Waals surface area contributed by atoms with Gasteiger partial charge in [0.2, 0.25) is 0 Å². The van der Waals surface area contributed by atoms with Crippen molar-refractivity contribution in [1.29, 1.82) is 0 Å². The van der Waals surface area contributed by atoms with Crippen LogP contribution >= 0.6 is 0 Å². The lowest BCUT2D eigenvalue weighted by molar-refractivity contribution is 0.391. The van der Waals surface area contributed by atoms with Crippen LogP contribution in [0.1, 0.15) is 22.3 Å². The Bertz CT molecular complexity index is 3450. The van der Waals surface area contributed by atoms with Crippen LogP contribution in [0.2, 0.25) is 0 Å². The molecule has 62 heavy (non-hydrogen) atoms. The van der Waals surface area contributed by atoms with Gasteiger partial charge < -0.3 is 14.4 Å². The summed E-state index contributed by atoms with van der Waals surface area (Å²) in [6.45, 7) is 0. The van der Waals surface area contributed by atoms with Crippen molar-refractivity contribution in [2.45, 2.75) is 5.41 Å². The maximum atomic E-state index is 7.04. The van der Waals surface area contributed by atoms with Crippen LogP contribution in [0.15, 0.2) is 200 Å². The number of rotatable bonds is 4. The van der Waals surface area contributed by atoms with E-state index in [0.717, 1.165) is 101 Å². The third kappa shape index (κ3) is 4.93. The van der Waals surface area contributed by atoms with Crippen LogP contribution in [0.3, 0.4) is 0 Å². The van der Waals surface area contributed by atoms with Crippen molar-refractivity contribution in [2.75, 3.05) is 4.90 Å². The van der Waals surface area contributed by atoms with E-state index in [1.807, 2.05) is 85.2 Å². The molecule has 0 N–H and O–H groups in total. The molecule has 0 fully saturated rings. The first kappa shape index (κ1) is 34.4. The van der Waals surface area contributed by atoms with Gasteiger partial charge in [-0.05, 0) is 71.8 Å². The molecule has 2 aliphatic heterocycles. The second-order valence-corrected chi connectivity index (χ2v) is 15.8. The molecule has 0 amide bonds. The molecular weight excluding hydrogens is 763 g/mol. The molecule has 0 radical (unpaired) electrons. The summed E-state index contributed by atoms with van der Waals surface area (Å²) in [6.07, 6.45) is 3.81. The first-order valence-corrected chi connectivity index (χ1v) is 20.7. The van der Waals surface area contributed by atoms with Gasteiger partial charge in [0, 0.05) is 56.8 Å². The monoisotopic (exact) mass is 795 g/mol. The molecule has 290 valence electrons. The summed E-state index contributed by atoms with van der Waals surface area (Å²) in [4.78, 5) is 22.8. The van der Waals surface area contributed by atoms with Crippen molar-refractivity contribution >= 4 is 28.0 Å². The van der Waals surface area contributed by atoms with Crippen LogP contribution in [0.5, 0.6) is 23.0 Å². The molecule has 10 aromatic rings. The van der Waals surface area contributed by atoms with Crippen molar-refractivity contribution in [3.05, 3.63) is 223 Å². The average Bonchev–Trinajstić information content (AvgIpc) is 3.63. The topological polar surface area (TPSA) is 73.3 Å². The Morgan fingerprint density at radius 1 is 0.419 bits per heavy atom. The number of ether oxygens (including phenoxy) is 2. The molecule has 3 aliphatic rings. The van der Waals surface area contributed by atoms with Gasteiger partial charge in [0.15, 0.2) is 23.1 Å². The lowest BCUT2D eigenvalue weighted by Gasteiger charge is -2.41. The minimum absolute atomic E-state index is 0.653. The molecule has 7 aromatic carbocycles. The normalized spacial score (nSPS) is 15.1. The summed E-state index contributed by atoms with van der Waals surface area (Å²) in [5, 5.41) is 1.01. The lowest BCUT2D eigenvalue weighted by Crippen LogP contribution is -2.33. The van der Waals surface area contributed by atoms with Gasteiger partial charge in [-0.1, -0.05) is 127 Å². The van der Waals surface area contributed by atoms with Gasteiger partial charge in [-0.3, -0.25) is 9.97 Å². The highest BCUT2D eigenvalue weighted by molar-refractivity contribution is 5.95. The molecule has 0 saturated carbocycles. The van der Waals surface area contributed by atoms with E-state index in [-0.39, 0.29) is 0 Å². The summed E-state index contributed by atoms with van der Waals surface area (Å²) < 4.78 is 14.0. The standard InChI is InChI=1S/C55H33N5O2/c1-3-15-34(16-4-1)49-39-21-7-9-24-44(39)58-54(59-49)36-18-13-17-35(31-36)37-32-43-51(57-33-37)50-41(23-14-30-56-50)55(43)40-22-8-11-26-47(40)61-52-42(55)28-29-46-53(52)62-48-27-12-10-25-45(48)60(46)38-19-5-2-6-20-38/h1-33H. The SMILES string of the molecule is c1ccc(-c2nc(-c3cccc(-c4cnc5c(c4)C4(c6ccccc6Oc6c4ccc4c6Oc6ccccc6N4c4ccccc4)c4cccnc4-5)c3)nc3ccccc23)cc1. The fourth-order valence-electron chi connectivity index (χ4n) is 9.75. The number of anilines is 3. The Morgan fingerprint density at radius 3 is 2.03 bits per heavy atom. The Morgan fingerprint density at radius 2 is 1.13 bits per heavy atom. The Hall–Kier alpha value is -8.42. The Balaban J connectivity index is 1.02. The minimum atomic E-state index is -0.831. The molecule has 7 heteroatoms. The molecule has 1 atom stereocenters. The number of hydrogen-bond donors (Lipinski definition) is 0. The summed E-state index contributed by atoms with van der Waals surface area (Å²) in [5.74, 6) is 3.47. The molecule has 5 heterocycles. The summed E-state index contributed by atoms with van der Waals surface area (Å²) in [7, 11) is 0. The highest BCUT2D eigenvalue weighted by Crippen LogP contribution is 2.65. The number of fused-ring (bicyclic) bond motifs is 13. The smallest absolute Gasteiger partial charge is 0.194 e. The molecule has 0 saturated heterocycles. The van der Waals surface area contributed by atoms with Gasteiger partial charge in [0.05, 0.1) is 39.4 Å². The summed E-state index contributed by atoms with van der Waals surface area (Å²) in [6, 6.07) is 64.7. The Labute approximate surface area is 357 Å². The molecule has 13 rings (SSSR count). The average molecular weight is 796 g/mol. The zero-order valence-corrected chi connectivity index (χ0v) is 33.1. The molecule has 3 aromatic heterocycles. The molecular formula is C55H33N5O2. The molecule has 1 spiro atoms. The predicted octanol–water partition coefficient (Wildman–Crippen LogP) is 13.5. The minimum Gasteiger partial charge on any atom is -0.453 e. The molecule has 1 aliphatic carbocycles. The summed E-state index contributed by atoms with van der Waals surface area (Å²) in [5.41, 5.74) is 13.5. The Kier molecular flexibility index (Phi) is 7.39. The van der Waals surface area contributed by atoms with Crippen molar-refractivity contribution in [3.8, 4) is 68.2 Å². The molecule has 0 bridgehead atoms. The van der Waals surface area contributed by atoms with Gasteiger partial charge in [-0.2, -0.15) is 0 Å². The highest BCUT2D eigenvalue weighted by Gasteiger charge is 2.54. The van der Waals surface area contributed by atoms with E-state index >= 15 is 0 Å². The van der Waals surface area contributed by atoms with Gasteiger partial charge in [-0.15, -0.1) is 0 Å². The summed E-state index contributed by atoms with van der Waals surface area (Å²) >= 11 is 0. The number of para-hydroxylation sites is 5. The number of pyridine rings is 2. The third-order valence-corrected chi connectivity index (χ3v) is 12.4. The maximum absolute atomic E-state index is 7.04. The van der Waals surface area contributed by atoms with Crippen LogP contribution in [0.25, 0.3) is 56.1 Å². The molecule has 7 nitrogen and oxygen atoms in total. The van der Waals surface area contributed by atoms with Crippen LogP contribution in [-0.4, -0.2) is 19.9 Å². The van der Waals surface area contributed by atoms with Crippen LogP contribution in [-0.2, 0) is 5.41 Å². The highest BCUT2D eigenvalue weighted by atomic mass is 16.5. The van der Waals surface area contributed by atoms with Gasteiger partial charge >= 0.3 is 0 Å². The largest absolute Gasteiger partial charge is 0.453 e. The first-order chi connectivity index (χ1) is 30.7. The van der Waals surface area contributed by atoms with Crippen molar-refractivity contribution in [2.24, 2.45) is 0 Å². The van der Waals surface area contributed by atoms with Gasteiger partial charge in [-0.25, -0.2) is 9.97 Å². The van der Waals surface area contributed by atoms with E-state index in [1.165, 1.54) is 0 Å². The van der Waals surface area contributed by atoms with Crippen molar-refractivity contribution < 1.29 is 9.47 Å².